The highest BCUT2D eigenvalue weighted by Gasteiger charge is 2.15. The van der Waals surface area contributed by atoms with E-state index in [1.54, 1.807) is 24.4 Å². The van der Waals surface area contributed by atoms with Crippen molar-refractivity contribution in [2.75, 3.05) is 7.11 Å². The molecular formula is C16H14N4O2. The lowest BCUT2D eigenvalue weighted by Gasteiger charge is -2.03. The van der Waals surface area contributed by atoms with Gasteiger partial charge in [0.05, 0.1) is 29.8 Å². The number of carbonyl (C=O) groups is 1. The maximum atomic E-state index is 11.6. The zero-order chi connectivity index (χ0) is 15.7. The van der Waals surface area contributed by atoms with Crippen LogP contribution < -0.4 is 0 Å². The van der Waals surface area contributed by atoms with E-state index >= 15 is 0 Å². The van der Waals surface area contributed by atoms with Crippen LogP contribution in [0.1, 0.15) is 23.0 Å². The zero-order valence-electron chi connectivity index (χ0n) is 12.3. The number of methoxy groups -OCH3 is 1. The maximum Gasteiger partial charge on any atom is 0.354 e. The Hall–Kier alpha value is -3.07. The van der Waals surface area contributed by atoms with E-state index in [0.29, 0.717) is 11.3 Å². The van der Waals surface area contributed by atoms with Crippen molar-refractivity contribution in [3.63, 3.8) is 0 Å². The van der Waals surface area contributed by atoms with Crippen molar-refractivity contribution in [3.8, 4) is 17.5 Å². The number of hydrogen-bond acceptors (Lipinski definition) is 4. The molecule has 3 rings (SSSR count). The summed E-state index contributed by atoms with van der Waals surface area (Å²) in [5.74, 6) is 0.330. The number of esters is 1. The van der Waals surface area contributed by atoms with Gasteiger partial charge >= 0.3 is 5.97 Å². The van der Waals surface area contributed by atoms with Crippen LogP contribution in [0.3, 0.4) is 0 Å². The molecule has 0 spiro atoms. The lowest BCUT2D eigenvalue weighted by atomic mass is 10.2. The molecule has 6 nitrogen and oxygen atoms in total. The van der Waals surface area contributed by atoms with Crippen molar-refractivity contribution >= 4 is 17.0 Å². The number of ether oxygens (including phenoxy) is 1. The lowest BCUT2D eigenvalue weighted by Crippen LogP contribution is -2.00. The van der Waals surface area contributed by atoms with Crippen LogP contribution in [0.15, 0.2) is 30.5 Å². The third-order valence-corrected chi connectivity index (χ3v) is 3.54. The average Bonchev–Trinajstić information content (AvgIpc) is 3.17. The van der Waals surface area contributed by atoms with Gasteiger partial charge in [0.25, 0.3) is 0 Å². The number of H-pyrrole nitrogens is 1. The van der Waals surface area contributed by atoms with E-state index in [0.717, 1.165) is 29.0 Å². The Morgan fingerprint density at radius 1 is 1.45 bits per heavy atom. The Morgan fingerprint density at radius 2 is 2.27 bits per heavy atom. The first-order chi connectivity index (χ1) is 10.7. The van der Waals surface area contributed by atoms with Crippen LogP contribution in [0.5, 0.6) is 0 Å². The Labute approximate surface area is 127 Å². The highest BCUT2D eigenvalue weighted by Crippen LogP contribution is 2.26. The van der Waals surface area contributed by atoms with Crippen LogP contribution in [-0.2, 0) is 11.3 Å². The Morgan fingerprint density at radius 3 is 2.95 bits per heavy atom. The van der Waals surface area contributed by atoms with Gasteiger partial charge in [0, 0.05) is 18.3 Å². The molecule has 0 fully saturated rings. The molecule has 3 aromatic rings. The van der Waals surface area contributed by atoms with Crippen LogP contribution in [0.25, 0.3) is 22.4 Å². The predicted molar refractivity (Wildman–Crippen MR) is 81.2 cm³/mol. The molecule has 22 heavy (non-hydrogen) atoms. The quantitative estimate of drug-likeness (QED) is 0.753. The van der Waals surface area contributed by atoms with E-state index in [-0.39, 0.29) is 0 Å². The molecule has 0 amide bonds. The Bertz CT molecular complexity index is 899. The van der Waals surface area contributed by atoms with Crippen LogP contribution >= 0.6 is 0 Å². The SMILES string of the molecule is CCn1c(-c2c[nH]c(C(=O)OC)c2)nc2cc(C#N)ccc21. The Kier molecular flexibility index (Phi) is 3.39. The minimum atomic E-state index is -0.419. The van der Waals surface area contributed by atoms with Gasteiger partial charge in [0.15, 0.2) is 0 Å². The molecule has 0 aliphatic rings. The number of imidazole rings is 1. The molecule has 2 heterocycles. The first-order valence-corrected chi connectivity index (χ1v) is 6.85. The Balaban J connectivity index is 2.16. The highest BCUT2D eigenvalue weighted by molar-refractivity contribution is 5.89. The number of benzene rings is 1. The van der Waals surface area contributed by atoms with Crippen LogP contribution in [0, 0.1) is 11.3 Å². The third-order valence-electron chi connectivity index (χ3n) is 3.54. The van der Waals surface area contributed by atoms with Gasteiger partial charge in [-0.25, -0.2) is 9.78 Å². The van der Waals surface area contributed by atoms with Gasteiger partial charge in [-0.1, -0.05) is 0 Å². The third kappa shape index (κ3) is 2.13. The van der Waals surface area contributed by atoms with Crippen molar-refractivity contribution < 1.29 is 9.53 Å². The summed E-state index contributed by atoms with van der Waals surface area (Å²) in [5.41, 5.74) is 3.47. The van der Waals surface area contributed by atoms with Gasteiger partial charge in [-0.15, -0.1) is 0 Å². The summed E-state index contributed by atoms with van der Waals surface area (Å²) in [5, 5.41) is 9.00. The second-order valence-electron chi connectivity index (χ2n) is 4.79. The fourth-order valence-electron chi connectivity index (χ4n) is 2.49. The summed E-state index contributed by atoms with van der Waals surface area (Å²) in [7, 11) is 1.34. The van der Waals surface area contributed by atoms with E-state index in [2.05, 4.69) is 16.0 Å². The lowest BCUT2D eigenvalue weighted by molar-refractivity contribution is 0.0595. The largest absolute Gasteiger partial charge is 0.464 e. The van der Waals surface area contributed by atoms with Gasteiger partial charge in [-0.2, -0.15) is 5.26 Å². The minimum Gasteiger partial charge on any atom is -0.464 e. The number of fused-ring (bicyclic) bond motifs is 1. The molecule has 0 radical (unpaired) electrons. The molecule has 0 unspecified atom stereocenters. The van der Waals surface area contributed by atoms with Gasteiger partial charge < -0.3 is 14.3 Å². The number of hydrogen-bond donors (Lipinski definition) is 1. The second-order valence-corrected chi connectivity index (χ2v) is 4.79. The molecule has 1 aromatic carbocycles. The fourth-order valence-corrected chi connectivity index (χ4v) is 2.49. The van der Waals surface area contributed by atoms with E-state index in [9.17, 15) is 4.79 Å². The van der Waals surface area contributed by atoms with Crippen molar-refractivity contribution in [2.45, 2.75) is 13.5 Å². The predicted octanol–water partition coefficient (Wildman–Crippen LogP) is 2.71. The number of carbonyl (C=O) groups excluding carboxylic acids is 1. The summed E-state index contributed by atoms with van der Waals surface area (Å²) in [6.07, 6.45) is 1.73. The van der Waals surface area contributed by atoms with Crippen LogP contribution in [0.4, 0.5) is 0 Å². The summed E-state index contributed by atoms with van der Waals surface area (Å²) in [6.45, 7) is 2.76. The number of nitrogens with zero attached hydrogens (tertiary/aromatic N) is 3. The molecule has 0 saturated heterocycles. The number of aromatic nitrogens is 3. The molecule has 1 N–H and O–H groups in total. The summed E-state index contributed by atoms with van der Waals surface area (Å²) >= 11 is 0. The summed E-state index contributed by atoms with van der Waals surface area (Å²) in [6, 6.07) is 9.26. The first-order valence-electron chi connectivity index (χ1n) is 6.85. The molecule has 6 heteroatoms. The molecule has 0 saturated carbocycles. The van der Waals surface area contributed by atoms with Crippen molar-refractivity contribution in [1.29, 1.82) is 5.26 Å². The monoisotopic (exact) mass is 294 g/mol. The average molecular weight is 294 g/mol. The maximum absolute atomic E-state index is 11.6. The summed E-state index contributed by atoms with van der Waals surface area (Å²) < 4.78 is 6.74. The van der Waals surface area contributed by atoms with E-state index in [1.165, 1.54) is 7.11 Å². The van der Waals surface area contributed by atoms with Gasteiger partial charge in [0.2, 0.25) is 0 Å². The molecule has 0 aliphatic carbocycles. The first kappa shape index (κ1) is 13.9. The normalized spacial score (nSPS) is 10.6. The number of aryl methyl sites for hydroxylation is 1. The van der Waals surface area contributed by atoms with Crippen molar-refractivity contribution in [2.24, 2.45) is 0 Å². The van der Waals surface area contributed by atoms with Crippen LogP contribution in [-0.4, -0.2) is 27.6 Å². The van der Waals surface area contributed by atoms with E-state index < -0.39 is 5.97 Å². The molecule has 0 bridgehead atoms. The van der Waals surface area contributed by atoms with E-state index in [1.807, 2.05) is 17.6 Å². The smallest absolute Gasteiger partial charge is 0.354 e. The number of rotatable bonds is 3. The minimum absolute atomic E-state index is 0.380. The van der Waals surface area contributed by atoms with Gasteiger partial charge in [0.1, 0.15) is 11.5 Å². The zero-order valence-corrected chi connectivity index (χ0v) is 12.3. The summed E-state index contributed by atoms with van der Waals surface area (Å²) in [4.78, 5) is 19.0. The molecular weight excluding hydrogens is 280 g/mol. The van der Waals surface area contributed by atoms with Gasteiger partial charge in [-0.05, 0) is 31.2 Å². The van der Waals surface area contributed by atoms with Crippen LogP contribution in [0.2, 0.25) is 0 Å². The second kappa shape index (κ2) is 5.37. The number of nitrogens with one attached hydrogen (secondary N) is 1. The van der Waals surface area contributed by atoms with Gasteiger partial charge in [-0.3, -0.25) is 0 Å². The standard InChI is InChI=1S/C16H14N4O2/c1-3-20-14-5-4-10(8-17)6-12(14)19-15(20)11-7-13(18-9-11)16(21)22-2/h4-7,9,18H,3H2,1-2H3. The number of nitriles is 1. The number of aromatic amines is 1. The molecule has 110 valence electrons. The van der Waals surface area contributed by atoms with E-state index in [4.69, 9.17) is 10.00 Å². The molecule has 0 aliphatic heterocycles. The van der Waals surface area contributed by atoms with Crippen molar-refractivity contribution in [1.82, 2.24) is 14.5 Å². The molecule has 0 atom stereocenters. The highest BCUT2D eigenvalue weighted by atomic mass is 16.5. The topological polar surface area (TPSA) is 83.7 Å². The fraction of sp³-hybridized carbons (Fsp3) is 0.188. The molecule has 2 aromatic heterocycles. The van der Waals surface area contributed by atoms with Crippen molar-refractivity contribution in [3.05, 3.63) is 41.7 Å².